The quantitative estimate of drug-likeness (QED) is 0.832. The lowest BCUT2D eigenvalue weighted by atomic mass is 9.77. The van der Waals surface area contributed by atoms with Gasteiger partial charge in [0.2, 0.25) is 0 Å². The van der Waals surface area contributed by atoms with Gasteiger partial charge >= 0.3 is 0 Å². The van der Waals surface area contributed by atoms with Crippen LogP contribution in [0.3, 0.4) is 0 Å². The maximum atomic E-state index is 3.72. The smallest absolute Gasteiger partial charge is 0.0221 e. The number of likely N-dealkylation sites (tertiary alicyclic amines) is 1. The third-order valence-electron chi connectivity index (χ3n) is 5.09. The highest BCUT2D eigenvalue weighted by Crippen LogP contribution is 2.36. The van der Waals surface area contributed by atoms with Gasteiger partial charge in [-0.2, -0.15) is 0 Å². The fourth-order valence-corrected chi connectivity index (χ4v) is 4.04. The summed E-state index contributed by atoms with van der Waals surface area (Å²) in [4.78, 5) is 2.87. The third kappa shape index (κ3) is 4.19. The van der Waals surface area contributed by atoms with Crippen molar-refractivity contribution in [1.82, 2.24) is 10.2 Å². The number of rotatable bonds is 4. The Bertz CT molecular complexity index is 267. The van der Waals surface area contributed by atoms with Crippen molar-refractivity contribution in [2.45, 2.75) is 90.3 Å². The Morgan fingerprint density at radius 2 is 1.79 bits per heavy atom. The standard InChI is InChI=1S/C17H34N2/c1-5-15(13-18-17(2,3)4)19-12-8-10-14-9-6-7-11-16(14)19/h14-16,18H,5-13H2,1-4H3. The van der Waals surface area contributed by atoms with Crippen molar-refractivity contribution in [3.8, 4) is 0 Å². The van der Waals surface area contributed by atoms with E-state index < -0.39 is 0 Å². The van der Waals surface area contributed by atoms with Crippen molar-refractivity contribution in [3.05, 3.63) is 0 Å². The van der Waals surface area contributed by atoms with Crippen LogP contribution in [0.2, 0.25) is 0 Å². The molecule has 2 aliphatic rings. The van der Waals surface area contributed by atoms with Crippen LogP contribution >= 0.6 is 0 Å². The molecule has 0 aromatic rings. The van der Waals surface area contributed by atoms with Crippen molar-refractivity contribution < 1.29 is 0 Å². The van der Waals surface area contributed by atoms with Crippen LogP contribution < -0.4 is 5.32 Å². The van der Waals surface area contributed by atoms with Crippen LogP contribution in [0.5, 0.6) is 0 Å². The highest BCUT2D eigenvalue weighted by atomic mass is 15.2. The molecule has 0 amide bonds. The minimum Gasteiger partial charge on any atom is -0.311 e. The number of fused-ring (bicyclic) bond motifs is 1. The second-order valence-electron chi connectivity index (χ2n) is 7.68. The molecule has 3 atom stereocenters. The summed E-state index contributed by atoms with van der Waals surface area (Å²) in [5.74, 6) is 1.01. The van der Waals surface area contributed by atoms with E-state index in [0.29, 0.717) is 0 Å². The van der Waals surface area contributed by atoms with Crippen LogP contribution in [0, 0.1) is 5.92 Å². The van der Waals surface area contributed by atoms with Gasteiger partial charge in [0.15, 0.2) is 0 Å². The van der Waals surface area contributed by atoms with E-state index in [1.54, 1.807) is 0 Å². The monoisotopic (exact) mass is 266 g/mol. The number of nitrogens with zero attached hydrogens (tertiary/aromatic N) is 1. The summed E-state index contributed by atoms with van der Waals surface area (Å²) < 4.78 is 0. The first-order valence-electron chi connectivity index (χ1n) is 8.52. The summed E-state index contributed by atoms with van der Waals surface area (Å²) >= 11 is 0. The topological polar surface area (TPSA) is 15.3 Å². The molecule has 2 fully saturated rings. The van der Waals surface area contributed by atoms with E-state index in [0.717, 1.165) is 24.5 Å². The molecule has 0 spiro atoms. The zero-order valence-electron chi connectivity index (χ0n) is 13.5. The van der Waals surface area contributed by atoms with E-state index in [1.165, 1.54) is 51.5 Å². The summed E-state index contributed by atoms with van der Waals surface area (Å²) in [6.07, 6.45) is 10.1. The van der Waals surface area contributed by atoms with Gasteiger partial charge in [-0.05, 0) is 65.3 Å². The molecule has 112 valence electrons. The average Bonchev–Trinajstić information content (AvgIpc) is 2.38. The van der Waals surface area contributed by atoms with Crippen molar-refractivity contribution in [2.24, 2.45) is 5.92 Å². The van der Waals surface area contributed by atoms with Gasteiger partial charge in [-0.25, -0.2) is 0 Å². The molecule has 1 aliphatic carbocycles. The van der Waals surface area contributed by atoms with Crippen molar-refractivity contribution >= 4 is 0 Å². The summed E-state index contributed by atoms with van der Waals surface area (Å²) in [6, 6.07) is 1.64. The average molecular weight is 266 g/mol. The molecule has 1 aliphatic heterocycles. The van der Waals surface area contributed by atoms with E-state index in [4.69, 9.17) is 0 Å². The molecule has 0 aromatic heterocycles. The van der Waals surface area contributed by atoms with Gasteiger partial charge < -0.3 is 5.32 Å². The van der Waals surface area contributed by atoms with E-state index in [-0.39, 0.29) is 5.54 Å². The maximum absolute atomic E-state index is 3.72. The van der Waals surface area contributed by atoms with Crippen LogP contribution in [0.1, 0.15) is 72.6 Å². The SMILES string of the molecule is CCC(CNC(C)(C)C)N1CCCC2CCCCC21. The van der Waals surface area contributed by atoms with Crippen LogP contribution in [-0.2, 0) is 0 Å². The number of nitrogens with one attached hydrogen (secondary N) is 1. The third-order valence-corrected chi connectivity index (χ3v) is 5.09. The van der Waals surface area contributed by atoms with E-state index in [9.17, 15) is 0 Å². The predicted octanol–water partition coefficient (Wildman–Crippen LogP) is 3.81. The van der Waals surface area contributed by atoms with Crippen molar-refractivity contribution in [3.63, 3.8) is 0 Å². The van der Waals surface area contributed by atoms with Gasteiger partial charge in [-0.15, -0.1) is 0 Å². The Balaban J connectivity index is 1.95. The fraction of sp³-hybridized carbons (Fsp3) is 1.00. The molecule has 19 heavy (non-hydrogen) atoms. The maximum Gasteiger partial charge on any atom is 0.0221 e. The lowest BCUT2D eigenvalue weighted by Gasteiger charge is -2.48. The largest absolute Gasteiger partial charge is 0.311 e. The second kappa shape index (κ2) is 6.58. The highest BCUT2D eigenvalue weighted by Gasteiger charge is 2.36. The Labute approximate surface area is 120 Å². The molecule has 1 saturated carbocycles. The molecule has 1 N–H and O–H groups in total. The van der Waals surface area contributed by atoms with Crippen LogP contribution in [0.15, 0.2) is 0 Å². The van der Waals surface area contributed by atoms with Gasteiger partial charge in [0.1, 0.15) is 0 Å². The second-order valence-corrected chi connectivity index (χ2v) is 7.68. The predicted molar refractivity (Wildman–Crippen MR) is 83.5 cm³/mol. The van der Waals surface area contributed by atoms with Gasteiger partial charge in [-0.1, -0.05) is 19.8 Å². The Morgan fingerprint density at radius 1 is 1.11 bits per heavy atom. The van der Waals surface area contributed by atoms with E-state index in [1.807, 2.05) is 0 Å². The zero-order chi connectivity index (χ0) is 13.9. The first kappa shape index (κ1) is 15.3. The number of hydrogen-bond donors (Lipinski definition) is 1. The first-order valence-corrected chi connectivity index (χ1v) is 8.52. The summed E-state index contributed by atoms with van der Waals surface area (Å²) in [7, 11) is 0. The minimum absolute atomic E-state index is 0.245. The summed E-state index contributed by atoms with van der Waals surface area (Å²) in [5.41, 5.74) is 0.245. The molecule has 0 bridgehead atoms. The van der Waals surface area contributed by atoms with Gasteiger partial charge in [0.05, 0.1) is 0 Å². The zero-order valence-corrected chi connectivity index (χ0v) is 13.5. The molecular formula is C17H34N2. The van der Waals surface area contributed by atoms with Crippen molar-refractivity contribution in [1.29, 1.82) is 0 Å². The molecular weight excluding hydrogens is 232 g/mol. The van der Waals surface area contributed by atoms with Gasteiger partial charge in [-0.3, -0.25) is 4.90 Å². The molecule has 0 radical (unpaired) electrons. The number of piperidine rings is 1. The van der Waals surface area contributed by atoms with Crippen LogP contribution in [0.4, 0.5) is 0 Å². The fourth-order valence-electron chi connectivity index (χ4n) is 4.04. The van der Waals surface area contributed by atoms with E-state index in [2.05, 4.69) is 37.9 Å². The Kier molecular flexibility index (Phi) is 5.30. The molecule has 0 aromatic carbocycles. The molecule has 1 saturated heterocycles. The summed E-state index contributed by atoms with van der Waals surface area (Å²) in [6.45, 7) is 11.7. The summed E-state index contributed by atoms with van der Waals surface area (Å²) in [5, 5.41) is 3.72. The van der Waals surface area contributed by atoms with Crippen LogP contribution in [-0.4, -0.2) is 35.6 Å². The molecule has 2 nitrogen and oxygen atoms in total. The lowest BCUT2D eigenvalue weighted by Crippen LogP contribution is -2.55. The molecule has 2 heteroatoms. The van der Waals surface area contributed by atoms with Crippen LogP contribution in [0.25, 0.3) is 0 Å². The molecule has 1 heterocycles. The van der Waals surface area contributed by atoms with E-state index >= 15 is 0 Å². The van der Waals surface area contributed by atoms with Gasteiger partial charge in [0.25, 0.3) is 0 Å². The highest BCUT2D eigenvalue weighted by molar-refractivity contribution is 4.91. The Hall–Kier alpha value is -0.0800. The minimum atomic E-state index is 0.245. The van der Waals surface area contributed by atoms with Gasteiger partial charge in [0, 0.05) is 24.2 Å². The lowest BCUT2D eigenvalue weighted by molar-refractivity contribution is 0.0225. The first-order chi connectivity index (χ1) is 9.01. The number of hydrogen-bond acceptors (Lipinski definition) is 2. The normalized spacial score (nSPS) is 30.9. The van der Waals surface area contributed by atoms with Crippen molar-refractivity contribution in [2.75, 3.05) is 13.1 Å². The molecule has 3 unspecified atom stereocenters. The Morgan fingerprint density at radius 3 is 2.47 bits per heavy atom. The molecule has 2 rings (SSSR count).